The quantitative estimate of drug-likeness (QED) is 0.745. The van der Waals surface area contributed by atoms with Crippen molar-refractivity contribution >= 4 is 10.9 Å². The molecule has 0 unspecified atom stereocenters. The lowest BCUT2D eigenvalue weighted by Gasteiger charge is -2.23. The van der Waals surface area contributed by atoms with Gasteiger partial charge < -0.3 is 5.11 Å². The zero-order chi connectivity index (χ0) is 16.3. The number of aliphatic hydroxyl groups is 1. The summed E-state index contributed by atoms with van der Waals surface area (Å²) < 4.78 is 77.3. The Morgan fingerprint density at radius 1 is 0.762 bits per heavy atom. The molecule has 1 aromatic carbocycles. The van der Waals surface area contributed by atoms with Crippen LogP contribution in [0.1, 0.15) is 0 Å². The molecule has 0 fully saturated rings. The summed E-state index contributed by atoms with van der Waals surface area (Å²) in [6.45, 7) is 0. The highest BCUT2D eigenvalue weighted by atomic mass is 19.4. The van der Waals surface area contributed by atoms with Crippen LogP contribution in [0.15, 0.2) is 42.6 Å². The van der Waals surface area contributed by atoms with E-state index in [1.807, 2.05) is 30.5 Å². The number of rotatable bonds is 0. The molecule has 9 heteroatoms. The van der Waals surface area contributed by atoms with Crippen LogP contribution in [0.4, 0.5) is 30.7 Å². The fraction of sp³-hybridized carbons (Fsp3) is 0.250. The van der Waals surface area contributed by atoms with Crippen molar-refractivity contribution < 1.29 is 35.8 Å². The van der Waals surface area contributed by atoms with Gasteiger partial charge in [0.05, 0.1) is 5.52 Å². The molecule has 0 bridgehead atoms. The lowest BCUT2D eigenvalue weighted by atomic mass is 10.2. The summed E-state index contributed by atoms with van der Waals surface area (Å²) in [6.07, 6.45) is -10.9. The molecule has 0 aliphatic heterocycles. The minimum Gasteiger partial charge on any atom is -0.348 e. The van der Waals surface area contributed by atoms with Crippen LogP contribution in [0, 0.1) is 0 Å². The zero-order valence-corrected chi connectivity index (χ0v) is 10.1. The van der Waals surface area contributed by atoms with E-state index < -0.39 is 18.2 Å². The second-order valence-electron chi connectivity index (χ2n) is 3.81. The molecule has 0 aliphatic carbocycles. The second kappa shape index (κ2) is 5.84. The van der Waals surface area contributed by atoms with Crippen LogP contribution in [0.2, 0.25) is 0 Å². The van der Waals surface area contributed by atoms with Crippen LogP contribution >= 0.6 is 0 Å². The van der Waals surface area contributed by atoms with Gasteiger partial charge in [0.25, 0.3) is 0 Å². The number of para-hydroxylation sites is 1. The van der Waals surface area contributed by atoms with Crippen LogP contribution in [-0.2, 0) is 0 Å². The third-order valence-corrected chi connectivity index (χ3v) is 2.26. The number of aromatic nitrogens is 1. The van der Waals surface area contributed by atoms with Crippen LogP contribution < -0.4 is 0 Å². The van der Waals surface area contributed by atoms with Crippen molar-refractivity contribution in [1.82, 2.24) is 4.98 Å². The Kier molecular flexibility index (Phi) is 4.77. The summed E-state index contributed by atoms with van der Waals surface area (Å²) in [4.78, 5) is 4.18. The molecule has 1 N–H and O–H groups in total. The summed E-state index contributed by atoms with van der Waals surface area (Å²) in [5.41, 5.74) is 1.06. The zero-order valence-electron chi connectivity index (χ0n) is 10.1. The van der Waals surface area contributed by atoms with Crippen LogP contribution in [0.3, 0.4) is 0 Å². The molecule has 21 heavy (non-hydrogen) atoms. The van der Waals surface area contributed by atoms with Gasteiger partial charge in [0.2, 0.25) is 0 Å². The van der Waals surface area contributed by atoms with Crippen molar-refractivity contribution in [2.45, 2.75) is 18.2 Å². The minimum atomic E-state index is -6.36. The lowest BCUT2D eigenvalue weighted by molar-refractivity contribution is -0.417. The Balaban J connectivity index is 0.000000210. The minimum absolute atomic E-state index is 1.06. The lowest BCUT2D eigenvalue weighted by Crippen LogP contribution is -2.52. The van der Waals surface area contributed by atoms with Crippen molar-refractivity contribution in [2.75, 3.05) is 0 Å². The van der Waals surface area contributed by atoms with E-state index in [4.69, 9.17) is 5.11 Å². The molecule has 2 rings (SSSR count). The smallest absolute Gasteiger partial charge is 0.348 e. The Morgan fingerprint density at radius 3 is 1.67 bits per heavy atom. The number of benzene rings is 1. The van der Waals surface area contributed by atoms with Gasteiger partial charge in [-0.3, -0.25) is 4.98 Å². The summed E-state index contributed by atoms with van der Waals surface area (Å²) in [5.74, 6) is -6.12. The second-order valence-corrected chi connectivity index (χ2v) is 3.81. The van der Waals surface area contributed by atoms with E-state index in [0.717, 1.165) is 5.52 Å². The molecule has 0 saturated carbocycles. The monoisotopic (exact) mass is 315 g/mol. The van der Waals surface area contributed by atoms with Crippen molar-refractivity contribution in [1.29, 1.82) is 0 Å². The first kappa shape index (κ1) is 17.2. The number of pyridine rings is 1. The predicted octanol–water partition coefficient (Wildman–Crippen LogP) is 4.00. The molecule has 0 atom stereocenters. The van der Waals surface area contributed by atoms with E-state index in [-0.39, 0.29) is 0 Å². The van der Waals surface area contributed by atoms with Gasteiger partial charge in [0.1, 0.15) is 0 Å². The highest BCUT2D eigenvalue weighted by Gasteiger charge is 2.72. The predicted molar refractivity (Wildman–Crippen MR) is 59.9 cm³/mol. The highest BCUT2D eigenvalue weighted by Crippen LogP contribution is 2.43. The van der Waals surface area contributed by atoms with Gasteiger partial charge in [-0.15, -0.1) is 0 Å². The molecule has 116 valence electrons. The number of fused-ring (bicyclic) bond motifs is 1. The fourth-order valence-corrected chi connectivity index (χ4v) is 1.18. The molecule has 2 aromatic rings. The first-order valence-corrected chi connectivity index (χ1v) is 5.31. The van der Waals surface area contributed by atoms with E-state index in [9.17, 15) is 30.7 Å². The molecule has 0 saturated heterocycles. The van der Waals surface area contributed by atoms with Crippen molar-refractivity contribution in [3.63, 3.8) is 0 Å². The number of hydrogen-bond donors (Lipinski definition) is 1. The standard InChI is InChI=1S/C9H7N.C3HF7O/c1-2-6-9-8(4-1)5-3-7-10-9;4-1(11,2(5,6)7)3(8,9)10/h1-7H;11H. The molecule has 0 radical (unpaired) electrons. The Bertz CT molecular complexity index is 510. The fourth-order valence-electron chi connectivity index (χ4n) is 1.18. The van der Waals surface area contributed by atoms with Gasteiger partial charge in [0.15, 0.2) is 0 Å². The SMILES string of the molecule is OC(F)(C(F)(F)F)C(F)(F)F.c1ccc2ncccc2c1. The van der Waals surface area contributed by atoms with Gasteiger partial charge in [-0.05, 0) is 12.1 Å². The molecule has 2 nitrogen and oxygen atoms in total. The van der Waals surface area contributed by atoms with Gasteiger partial charge in [-0.25, -0.2) is 0 Å². The topological polar surface area (TPSA) is 33.1 Å². The Morgan fingerprint density at radius 2 is 1.24 bits per heavy atom. The maximum absolute atomic E-state index is 11.4. The van der Waals surface area contributed by atoms with Crippen LogP contribution in [0.25, 0.3) is 10.9 Å². The Labute approximate surface area is 113 Å². The van der Waals surface area contributed by atoms with E-state index in [1.165, 1.54) is 5.39 Å². The summed E-state index contributed by atoms with van der Waals surface area (Å²) in [6, 6.07) is 12.1. The molecule has 1 heterocycles. The number of halogens is 7. The molecule has 0 amide bonds. The van der Waals surface area contributed by atoms with Gasteiger partial charge in [-0.1, -0.05) is 24.3 Å². The normalized spacial score (nSPS) is 12.8. The van der Waals surface area contributed by atoms with E-state index in [2.05, 4.69) is 17.1 Å². The average molecular weight is 315 g/mol. The van der Waals surface area contributed by atoms with Gasteiger partial charge >= 0.3 is 18.2 Å². The van der Waals surface area contributed by atoms with Crippen LogP contribution in [-0.4, -0.2) is 28.3 Å². The molecule has 0 aliphatic rings. The van der Waals surface area contributed by atoms with E-state index >= 15 is 0 Å². The van der Waals surface area contributed by atoms with Crippen molar-refractivity contribution in [3.05, 3.63) is 42.6 Å². The number of hydrogen-bond acceptors (Lipinski definition) is 2. The van der Waals surface area contributed by atoms with Crippen LogP contribution in [0.5, 0.6) is 0 Å². The molecule has 1 aromatic heterocycles. The summed E-state index contributed by atoms with van der Waals surface area (Å²) in [7, 11) is 0. The highest BCUT2D eigenvalue weighted by molar-refractivity contribution is 5.77. The first-order chi connectivity index (χ1) is 9.47. The maximum atomic E-state index is 11.4. The maximum Gasteiger partial charge on any atom is 0.458 e. The largest absolute Gasteiger partial charge is 0.458 e. The van der Waals surface area contributed by atoms with Gasteiger partial charge in [-0.2, -0.15) is 30.7 Å². The molecule has 0 spiro atoms. The van der Waals surface area contributed by atoms with Crippen molar-refractivity contribution in [3.8, 4) is 0 Å². The van der Waals surface area contributed by atoms with E-state index in [0.29, 0.717) is 0 Å². The first-order valence-electron chi connectivity index (χ1n) is 5.31. The Hall–Kier alpha value is -1.90. The summed E-state index contributed by atoms with van der Waals surface area (Å²) in [5, 5.41) is 8.47. The van der Waals surface area contributed by atoms with Gasteiger partial charge in [0, 0.05) is 11.6 Å². The third kappa shape index (κ3) is 4.03. The number of nitrogens with zero attached hydrogens (tertiary/aromatic N) is 1. The number of alkyl halides is 7. The third-order valence-electron chi connectivity index (χ3n) is 2.26. The van der Waals surface area contributed by atoms with E-state index in [1.54, 1.807) is 0 Å². The molecular weight excluding hydrogens is 307 g/mol. The van der Waals surface area contributed by atoms with Crippen molar-refractivity contribution in [2.24, 2.45) is 0 Å². The molecular formula is C12H8F7NO. The average Bonchev–Trinajstić information content (AvgIpc) is 2.37. The summed E-state index contributed by atoms with van der Waals surface area (Å²) >= 11 is 0.